The van der Waals surface area contributed by atoms with Gasteiger partial charge in [-0.3, -0.25) is 4.55 Å². The summed E-state index contributed by atoms with van der Waals surface area (Å²) < 4.78 is 31.5. The van der Waals surface area contributed by atoms with Gasteiger partial charge in [-0.15, -0.1) is 0 Å². The summed E-state index contributed by atoms with van der Waals surface area (Å²) in [6.07, 6.45) is 1.73. The molecule has 0 saturated heterocycles. The van der Waals surface area contributed by atoms with E-state index in [9.17, 15) is 8.42 Å². The molecule has 0 aliphatic heterocycles. The highest BCUT2D eigenvalue weighted by molar-refractivity contribution is 7.86. The molecule has 5 heteroatoms. The topological polar surface area (TPSA) is 70.2 Å². The molecule has 1 aromatic heterocycles. The Labute approximate surface area is 93.7 Å². The number of H-pyrrole nitrogens is 1. The molecule has 2 rings (SSSR count). The normalized spacial score (nSPS) is 11.6. The summed E-state index contributed by atoms with van der Waals surface area (Å²) in [5.74, 6) is 0. The molecule has 0 bridgehead atoms. The van der Waals surface area contributed by atoms with Crippen LogP contribution in [-0.2, 0) is 10.1 Å². The number of hydrogen-bond donors (Lipinski definition) is 2. The van der Waals surface area contributed by atoms with Gasteiger partial charge in [0, 0.05) is 17.5 Å². The van der Waals surface area contributed by atoms with Gasteiger partial charge in [0.05, 0.1) is 0 Å². The molecule has 84 valence electrons. The van der Waals surface area contributed by atoms with Crippen LogP contribution in [0.4, 0.5) is 0 Å². The first-order valence-corrected chi connectivity index (χ1v) is 6.15. The zero-order chi connectivity index (χ0) is 11.8. The summed E-state index contributed by atoms with van der Waals surface area (Å²) in [4.78, 5) is 2.88. The third-order valence-corrected chi connectivity index (χ3v) is 3.30. The molecular formula is C11H11NO3S. The third kappa shape index (κ3) is 1.87. The van der Waals surface area contributed by atoms with E-state index in [1.807, 2.05) is 13.0 Å². The van der Waals surface area contributed by atoms with E-state index in [-0.39, 0.29) is 4.90 Å². The van der Waals surface area contributed by atoms with Crippen molar-refractivity contribution in [1.29, 1.82) is 0 Å². The van der Waals surface area contributed by atoms with E-state index in [0.29, 0.717) is 11.3 Å². The van der Waals surface area contributed by atoms with Gasteiger partial charge >= 0.3 is 0 Å². The highest BCUT2D eigenvalue weighted by Gasteiger charge is 2.17. The van der Waals surface area contributed by atoms with Gasteiger partial charge in [-0.1, -0.05) is 18.2 Å². The quantitative estimate of drug-likeness (QED) is 0.787. The van der Waals surface area contributed by atoms with Gasteiger partial charge in [-0.2, -0.15) is 8.42 Å². The Morgan fingerprint density at radius 1 is 1.19 bits per heavy atom. The summed E-state index contributed by atoms with van der Waals surface area (Å²) in [6, 6.07) is 8.18. The second-order valence-electron chi connectivity index (χ2n) is 3.51. The van der Waals surface area contributed by atoms with Crippen LogP contribution in [0.5, 0.6) is 0 Å². The number of benzene rings is 1. The van der Waals surface area contributed by atoms with Crippen LogP contribution < -0.4 is 0 Å². The van der Waals surface area contributed by atoms with Gasteiger partial charge in [0.25, 0.3) is 10.1 Å². The zero-order valence-corrected chi connectivity index (χ0v) is 9.45. The predicted octanol–water partition coefficient (Wildman–Crippen LogP) is 2.24. The second-order valence-corrected chi connectivity index (χ2v) is 4.90. The largest absolute Gasteiger partial charge is 0.361 e. The molecule has 16 heavy (non-hydrogen) atoms. The molecule has 0 amide bonds. The molecular weight excluding hydrogens is 226 g/mol. The molecule has 1 heterocycles. The van der Waals surface area contributed by atoms with Crippen LogP contribution in [0.25, 0.3) is 11.3 Å². The van der Waals surface area contributed by atoms with E-state index in [2.05, 4.69) is 4.98 Å². The first-order chi connectivity index (χ1) is 7.50. The Morgan fingerprint density at radius 3 is 2.44 bits per heavy atom. The van der Waals surface area contributed by atoms with Gasteiger partial charge in [0.15, 0.2) is 0 Å². The third-order valence-electron chi connectivity index (χ3n) is 2.39. The van der Waals surface area contributed by atoms with Gasteiger partial charge < -0.3 is 4.98 Å². The predicted molar refractivity (Wildman–Crippen MR) is 60.8 cm³/mol. The Hall–Kier alpha value is -1.59. The molecule has 0 radical (unpaired) electrons. The lowest BCUT2D eigenvalue weighted by atomic mass is 10.1. The fourth-order valence-electron chi connectivity index (χ4n) is 1.64. The van der Waals surface area contributed by atoms with Crippen molar-refractivity contribution in [3.8, 4) is 11.3 Å². The molecule has 1 aromatic carbocycles. The lowest BCUT2D eigenvalue weighted by Crippen LogP contribution is -2.00. The van der Waals surface area contributed by atoms with Crippen molar-refractivity contribution < 1.29 is 13.0 Å². The first kappa shape index (κ1) is 10.9. The number of rotatable bonds is 2. The Balaban J connectivity index is 2.72. The molecule has 0 spiro atoms. The minimum Gasteiger partial charge on any atom is -0.361 e. The van der Waals surface area contributed by atoms with E-state index < -0.39 is 10.1 Å². The molecule has 0 saturated carbocycles. The van der Waals surface area contributed by atoms with Crippen LogP contribution in [0.1, 0.15) is 5.56 Å². The van der Waals surface area contributed by atoms with Crippen molar-refractivity contribution in [1.82, 2.24) is 4.98 Å². The lowest BCUT2D eigenvalue weighted by molar-refractivity contribution is 0.483. The van der Waals surface area contributed by atoms with Crippen molar-refractivity contribution in [3.05, 3.63) is 42.1 Å². The summed E-state index contributed by atoms with van der Waals surface area (Å²) in [6.45, 7) is 1.87. The number of aromatic amines is 1. The number of aryl methyl sites for hydroxylation is 1. The minimum absolute atomic E-state index is 0.0828. The molecule has 0 aliphatic carbocycles. The molecule has 0 aliphatic rings. The van der Waals surface area contributed by atoms with Crippen LogP contribution in [0.15, 0.2) is 41.4 Å². The summed E-state index contributed by atoms with van der Waals surface area (Å²) in [7, 11) is -4.20. The first-order valence-electron chi connectivity index (χ1n) is 4.71. The standard InChI is InChI=1S/C11H11NO3S/c1-8-6-7-12-11(8)9-4-2-3-5-10(9)16(13,14)15/h2-7,12H,1H3,(H,13,14,15). The van der Waals surface area contributed by atoms with E-state index in [1.54, 1.807) is 24.4 Å². The molecule has 2 N–H and O–H groups in total. The average Bonchev–Trinajstić information content (AvgIpc) is 2.63. The van der Waals surface area contributed by atoms with Gasteiger partial charge in [-0.25, -0.2) is 0 Å². The highest BCUT2D eigenvalue weighted by Crippen LogP contribution is 2.27. The number of aromatic nitrogens is 1. The molecule has 4 nitrogen and oxygen atoms in total. The van der Waals surface area contributed by atoms with Crippen molar-refractivity contribution >= 4 is 10.1 Å². The van der Waals surface area contributed by atoms with Crippen molar-refractivity contribution in [2.75, 3.05) is 0 Å². The fourth-order valence-corrected chi connectivity index (χ4v) is 2.33. The Kier molecular flexibility index (Phi) is 2.57. The van der Waals surface area contributed by atoms with E-state index in [0.717, 1.165) is 5.56 Å². The smallest absolute Gasteiger partial charge is 0.295 e. The SMILES string of the molecule is Cc1cc[nH]c1-c1ccccc1S(=O)(=O)O. The van der Waals surface area contributed by atoms with Crippen molar-refractivity contribution in [3.63, 3.8) is 0 Å². The highest BCUT2D eigenvalue weighted by atomic mass is 32.2. The average molecular weight is 237 g/mol. The Bertz CT molecular complexity index is 614. The zero-order valence-electron chi connectivity index (χ0n) is 8.64. The van der Waals surface area contributed by atoms with E-state index >= 15 is 0 Å². The molecule has 2 aromatic rings. The maximum Gasteiger partial charge on any atom is 0.295 e. The van der Waals surface area contributed by atoms with Crippen LogP contribution in [0, 0.1) is 6.92 Å². The van der Waals surface area contributed by atoms with Crippen LogP contribution in [0.3, 0.4) is 0 Å². The number of hydrogen-bond acceptors (Lipinski definition) is 2. The monoisotopic (exact) mass is 237 g/mol. The Morgan fingerprint density at radius 2 is 1.88 bits per heavy atom. The van der Waals surface area contributed by atoms with Crippen LogP contribution >= 0.6 is 0 Å². The fraction of sp³-hybridized carbons (Fsp3) is 0.0909. The maximum atomic E-state index is 11.2. The lowest BCUT2D eigenvalue weighted by Gasteiger charge is -2.06. The minimum atomic E-state index is -4.20. The summed E-state index contributed by atoms with van der Waals surface area (Å²) >= 11 is 0. The van der Waals surface area contributed by atoms with E-state index in [1.165, 1.54) is 6.07 Å². The molecule has 0 atom stereocenters. The van der Waals surface area contributed by atoms with E-state index in [4.69, 9.17) is 4.55 Å². The summed E-state index contributed by atoms with van der Waals surface area (Å²) in [5.41, 5.74) is 2.11. The van der Waals surface area contributed by atoms with Crippen LogP contribution in [-0.4, -0.2) is 18.0 Å². The van der Waals surface area contributed by atoms with Gasteiger partial charge in [0.1, 0.15) is 4.90 Å². The maximum absolute atomic E-state index is 11.2. The van der Waals surface area contributed by atoms with Crippen molar-refractivity contribution in [2.45, 2.75) is 11.8 Å². The van der Waals surface area contributed by atoms with Gasteiger partial charge in [0.2, 0.25) is 0 Å². The second kappa shape index (κ2) is 3.77. The summed E-state index contributed by atoms with van der Waals surface area (Å²) in [5, 5.41) is 0. The molecule has 0 fully saturated rings. The molecule has 0 unspecified atom stereocenters. The van der Waals surface area contributed by atoms with Gasteiger partial charge in [-0.05, 0) is 24.6 Å². The van der Waals surface area contributed by atoms with Crippen molar-refractivity contribution in [2.24, 2.45) is 0 Å². The van der Waals surface area contributed by atoms with Crippen LogP contribution in [0.2, 0.25) is 0 Å². The number of nitrogens with one attached hydrogen (secondary N) is 1.